The molecule has 1 amide bonds. The summed E-state index contributed by atoms with van der Waals surface area (Å²) in [5, 5.41) is 0. The van der Waals surface area contributed by atoms with Crippen LogP contribution in [-0.2, 0) is 10.5 Å². The number of aryl methyl sites for hydroxylation is 1. The van der Waals surface area contributed by atoms with Crippen LogP contribution >= 0.6 is 11.8 Å². The second-order valence-electron chi connectivity index (χ2n) is 3.59. The number of rotatable bonds is 6. The molecule has 0 radical (unpaired) electrons. The van der Waals surface area contributed by atoms with E-state index in [2.05, 4.69) is 0 Å². The molecule has 0 unspecified atom stereocenters. The van der Waals surface area contributed by atoms with Crippen LogP contribution in [0.3, 0.4) is 0 Å². The standard InChI is InChI=1S/C12H17NO3S/c1-8-4-10(15-2)11(16-3)5-9(8)6-17-7-12(13)14/h4-5H,6-7H2,1-3H3,(H2,13,14). The van der Waals surface area contributed by atoms with Gasteiger partial charge < -0.3 is 15.2 Å². The molecule has 0 saturated carbocycles. The van der Waals surface area contributed by atoms with Gasteiger partial charge in [-0.05, 0) is 30.2 Å². The maximum atomic E-state index is 10.7. The Labute approximate surface area is 105 Å². The number of carbonyl (C=O) groups is 1. The van der Waals surface area contributed by atoms with Crippen molar-refractivity contribution in [1.82, 2.24) is 0 Å². The normalized spacial score (nSPS) is 10.1. The zero-order valence-corrected chi connectivity index (χ0v) is 11.1. The van der Waals surface area contributed by atoms with Gasteiger partial charge in [-0.1, -0.05) is 0 Å². The second kappa shape index (κ2) is 6.39. The first-order chi connectivity index (χ1) is 8.08. The van der Waals surface area contributed by atoms with E-state index >= 15 is 0 Å². The first-order valence-corrected chi connectivity index (χ1v) is 6.31. The molecule has 1 aromatic rings. The van der Waals surface area contributed by atoms with Crippen molar-refractivity contribution >= 4 is 17.7 Å². The molecule has 1 aromatic carbocycles. The Balaban J connectivity index is 2.81. The van der Waals surface area contributed by atoms with E-state index in [4.69, 9.17) is 15.2 Å². The molecule has 1 rings (SSSR count). The van der Waals surface area contributed by atoms with Gasteiger partial charge in [0.25, 0.3) is 0 Å². The number of thioether (sulfide) groups is 1. The molecular weight excluding hydrogens is 238 g/mol. The van der Waals surface area contributed by atoms with Gasteiger partial charge in [0.2, 0.25) is 5.91 Å². The molecule has 0 heterocycles. The molecular formula is C12H17NO3S. The quantitative estimate of drug-likeness (QED) is 0.841. The van der Waals surface area contributed by atoms with Crippen molar-refractivity contribution in [3.8, 4) is 11.5 Å². The van der Waals surface area contributed by atoms with E-state index in [0.29, 0.717) is 17.3 Å². The summed E-state index contributed by atoms with van der Waals surface area (Å²) in [4.78, 5) is 10.7. The van der Waals surface area contributed by atoms with Crippen LogP contribution in [0.1, 0.15) is 11.1 Å². The fraction of sp³-hybridized carbons (Fsp3) is 0.417. The molecule has 0 saturated heterocycles. The topological polar surface area (TPSA) is 61.5 Å². The highest BCUT2D eigenvalue weighted by Gasteiger charge is 2.08. The average Bonchev–Trinajstić information content (AvgIpc) is 2.30. The molecule has 17 heavy (non-hydrogen) atoms. The number of nitrogens with two attached hydrogens (primary N) is 1. The molecule has 5 heteroatoms. The van der Waals surface area contributed by atoms with Gasteiger partial charge in [0.05, 0.1) is 20.0 Å². The van der Waals surface area contributed by atoms with Crippen LogP contribution in [0.5, 0.6) is 11.5 Å². The minimum Gasteiger partial charge on any atom is -0.493 e. The van der Waals surface area contributed by atoms with Crippen molar-refractivity contribution in [2.24, 2.45) is 5.73 Å². The molecule has 0 aliphatic heterocycles. The van der Waals surface area contributed by atoms with Gasteiger partial charge in [0.15, 0.2) is 11.5 Å². The molecule has 0 atom stereocenters. The monoisotopic (exact) mass is 255 g/mol. The highest BCUT2D eigenvalue weighted by atomic mass is 32.2. The molecule has 0 aliphatic carbocycles. The Morgan fingerprint density at radius 3 is 2.41 bits per heavy atom. The van der Waals surface area contributed by atoms with Gasteiger partial charge in [0.1, 0.15) is 0 Å². The van der Waals surface area contributed by atoms with Crippen LogP contribution in [0.15, 0.2) is 12.1 Å². The third kappa shape index (κ3) is 3.85. The van der Waals surface area contributed by atoms with Crippen LogP contribution in [0.2, 0.25) is 0 Å². The summed E-state index contributed by atoms with van der Waals surface area (Å²) in [6, 6.07) is 3.86. The van der Waals surface area contributed by atoms with E-state index < -0.39 is 0 Å². The van der Waals surface area contributed by atoms with Crippen molar-refractivity contribution < 1.29 is 14.3 Å². The second-order valence-corrected chi connectivity index (χ2v) is 4.58. The third-order valence-corrected chi connectivity index (χ3v) is 3.35. The van der Waals surface area contributed by atoms with Crippen molar-refractivity contribution in [2.45, 2.75) is 12.7 Å². The zero-order chi connectivity index (χ0) is 12.8. The molecule has 0 spiro atoms. The Morgan fingerprint density at radius 1 is 1.29 bits per heavy atom. The Kier molecular flexibility index (Phi) is 5.15. The first kappa shape index (κ1) is 13.7. The number of carbonyl (C=O) groups excluding carboxylic acids is 1. The fourth-order valence-electron chi connectivity index (χ4n) is 1.44. The van der Waals surface area contributed by atoms with Gasteiger partial charge >= 0.3 is 0 Å². The first-order valence-electron chi connectivity index (χ1n) is 5.16. The summed E-state index contributed by atoms with van der Waals surface area (Å²) in [5.41, 5.74) is 7.32. The van der Waals surface area contributed by atoms with Crippen LogP contribution in [0.25, 0.3) is 0 Å². The van der Waals surface area contributed by atoms with E-state index in [1.165, 1.54) is 11.8 Å². The SMILES string of the molecule is COc1cc(C)c(CSCC(N)=O)cc1OC. The Hall–Kier alpha value is -1.36. The van der Waals surface area contributed by atoms with Crippen LogP contribution in [0.4, 0.5) is 0 Å². The maximum absolute atomic E-state index is 10.7. The smallest absolute Gasteiger partial charge is 0.227 e. The lowest BCUT2D eigenvalue weighted by Crippen LogP contribution is -2.13. The van der Waals surface area contributed by atoms with Crippen molar-refractivity contribution in [3.63, 3.8) is 0 Å². The summed E-state index contributed by atoms with van der Waals surface area (Å²) < 4.78 is 10.4. The van der Waals surface area contributed by atoms with E-state index in [9.17, 15) is 4.79 Å². The minimum atomic E-state index is -0.298. The van der Waals surface area contributed by atoms with Crippen molar-refractivity contribution in [1.29, 1.82) is 0 Å². The molecule has 4 nitrogen and oxygen atoms in total. The van der Waals surface area contributed by atoms with Gasteiger partial charge in [-0.15, -0.1) is 11.8 Å². The number of ether oxygens (including phenoxy) is 2. The van der Waals surface area contributed by atoms with Gasteiger partial charge in [-0.2, -0.15) is 0 Å². The van der Waals surface area contributed by atoms with E-state index in [0.717, 1.165) is 16.9 Å². The third-order valence-electron chi connectivity index (χ3n) is 2.34. The maximum Gasteiger partial charge on any atom is 0.227 e. The summed E-state index contributed by atoms with van der Waals surface area (Å²) in [5.74, 6) is 2.18. The summed E-state index contributed by atoms with van der Waals surface area (Å²) in [6.07, 6.45) is 0. The number of primary amides is 1. The Bertz CT molecular complexity index is 407. The molecule has 94 valence electrons. The van der Waals surface area contributed by atoms with Gasteiger partial charge in [0, 0.05) is 5.75 Å². The van der Waals surface area contributed by atoms with Gasteiger partial charge in [-0.25, -0.2) is 0 Å². The zero-order valence-electron chi connectivity index (χ0n) is 10.3. The predicted molar refractivity (Wildman–Crippen MR) is 69.6 cm³/mol. The van der Waals surface area contributed by atoms with Gasteiger partial charge in [-0.3, -0.25) is 4.79 Å². The highest BCUT2D eigenvalue weighted by molar-refractivity contribution is 7.99. The number of benzene rings is 1. The number of methoxy groups -OCH3 is 2. The number of hydrogen-bond donors (Lipinski definition) is 1. The largest absolute Gasteiger partial charge is 0.493 e. The summed E-state index contributed by atoms with van der Waals surface area (Å²) in [7, 11) is 3.21. The van der Waals surface area contributed by atoms with Crippen LogP contribution < -0.4 is 15.2 Å². The van der Waals surface area contributed by atoms with Crippen LogP contribution in [-0.4, -0.2) is 25.9 Å². The average molecular weight is 255 g/mol. The van der Waals surface area contributed by atoms with Crippen LogP contribution in [0, 0.1) is 6.92 Å². The summed E-state index contributed by atoms with van der Waals surface area (Å²) >= 11 is 1.49. The molecule has 2 N–H and O–H groups in total. The lowest BCUT2D eigenvalue weighted by molar-refractivity contribution is -0.115. The van der Waals surface area contributed by atoms with Crippen molar-refractivity contribution in [3.05, 3.63) is 23.3 Å². The van der Waals surface area contributed by atoms with E-state index in [1.54, 1.807) is 14.2 Å². The molecule has 0 aliphatic rings. The minimum absolute atomic E-state index is 0.298. The van der Waals surface area contributed by atoms with E-state index in [-0.39, 0.29) is 5.91 Å². The predicted octanol–water partition coefficient (Wildman–Crippen LogP) is 1.73. The molecule has 0 bridgehead atoms. The molecule has 0 fully saturated rings. The lowest BCUT2D eigenvalue weighted by Gasteiger charge is -2.12. The van der Waals surface area contributed by atoms with E-state index in [1.807, 2.05) is 19.1 Å². The fourth-order valence-corrected chi connectivity index (χ4v) is 2.27. The summed E-state index contributed by atoms with van der Waals surface area (Å²) in [6.45, 7) is 2.00. The highest BCUT2D eigenvalue weighted by Crippen LogP contribution is 2.31. The number of amides is 1. The Morgan fingerprint density at radius 2 is 1.88 bits per heavy atom. The molecule has 0 aromatic heterocycles. The van der Waals surface area contributed by atoms with Crippen molar-refractivity contribution in [2.75, 3.05) is 20.0 Å². The lowest BCUT2D eigenvalue weighted by atomic mass is 10.1. The number of hydrogen-bond acceptors (Lipinski definition) is 4.